The van der Waals surface area contributed by atoms with E-state index in [4.69, 9.17) is 5.73 Å². The van der Waals surface area contributed by atoms with Crippen LogP contribution in [0.25, 0.3) is 0 Å². The van der Waals surface area contributed by atoms with Crippen molar-refractivity contribution in [3.63, 3.8) is 0 Å². The third kappa shape index (κ3) is 3.87. The number of hydrogen-bond acceptors (Lipinski definition) is 4. The number of nitrogens with zero attached hydrogens (tertiary/aromatic N) is 2. The van der Waals surface area contributed by atoms with Crippen LogP contribution >= 0.6 is 0 Å². The van der Waals surface area contributed by atoms with Gasteiger partial charge in [-0.05, 0) is 17.8 Å². The topological polar surface area (TPSA) is 61.6 Å². The molecule has 0 aliphatic carbocycles. The molecule has 0 unspecified atom stereocenters. The van der Waals surface area contributed by atoms with Crippen LogP contribution in [-0.4, -0.2) is 61.5 Å². The van der Waals surface area contributed by atoms with Crippen LogP contribution in [0.3, 0.4) is 0 Å². The van der Waals surface area contributed by atoms with E-state index >= 15 is 0 Å². The molecule has 5 heteroatoms. The van der Waals surface area contributed by atoms with Crippen LogP contribution in [0.4, 0.5) is 0 Å². The molecule has 17 heavy (non-hydrogen) atoms. The molecule has 0 aromatic carbocycles. The van der Waals surface area contributed by atoms with Gasteiger partial charge in [-0.15, -0.1) is 0 Å². The molecule has 1 saturated heterocycles. The highest BCUT2D eigenvalue weighted by atomic mass is 16.1. The summed E-state index contributed by atoms with van der Waals surface area (Å²) in [4.78, 5) is 15.3. The van der Waals surface area contributed by atoms with Crippen molar-refractivity contribution in [1.29, 1.82) is 0 Å². The maximum Gasteiger partial charge on any atom is 0.231 e. The van der Waals surface area contributed by atoms with E-state index in [0.29, 0.717) is 6.54 Å². The fourth-order valence-corrected chi connectivity index (χ4v) is 2.19. The van der Waals surface area contributed by atoms with Crippen LogP contribution in [0.5, 0.6) is 0 Å². The van der Waals surface area contributed by atoms with Crippen LogP contribution in [0.1, 0.15) is 0 Å². The van der Waals surface area contributed by atoms with E-state index in [2.05, 4.69) is 27.3 Å². The minimum Gasteiger partial charge on any atom is -0.387 e. The van der Waals surface area contributed by atoms with Crippen LogP contribution in [-0.2, 0) is 4.79 Å². The smallest absolute Gasteiger partial charge is 0.231 e. The van der Waals surface area contributed by atoms with Gasteiger partial charge in [0, 0.05) is 39.3 Å². The fourth-order valence-electron chi connectivity index (χ4n) is 2.19. The number of dihydropyridines is 1. The summed E-state index contributed by atoms with van der Waals surface area (Å²) < 4.78 is 0. The second-order valence-corrected chi connectivity index (χ2v) is 4.54. The maximum absolute atomic E-state index is 10.8. The largest absolute Gasteiger partial charge is 0.387 e. The Morgan fingerprint density at radius 1 is 1.29 bits per heavy atom. The van der Waals surface area contributed by atoms with Crippen molar-refractivity contribution < 1.29 is 4.79 Å². The van der Waals surface area contributed by atoms with Gasteiger partial charge in [0.2, 0.25) is 5.91 Å². The highest BCUT2D eigenvalue weighted by Crippen LogP contribution is 2.07. The molecule has 2 aliphatic rings. The lowest BCUT2D eigenvalue weighted by molar-refractivity contribution is -0.119. The van der Waals surface area contributed by atoms with Crippen LogP contribution < -0.4 is 11.1 Å². The lowest BCUT2D eigenvalue weighted by atomic mass is 10.2. The first kappa shape index (κ1) is 12.1. The predicted molar refractivity (Wildman–Crippen MR) is 67.3 cm³/mol. The summed E-state index contributed by atoms with van der Waals surface area (Å²) in [6.45, 7) is 6.19. The summed E-state index contributed by atoms with van der Waals surface area (Å²) in [5.41, 5.74) is 6.56. The summed E-state index contributed by atoms with van der Waals surface area (Å²) in [6.07, 6.45) is 6.34. The quantitative estimate of drug-likeness (QED) is 0.666. The molecule has 0 bridgehead atoms. The number of nitrogens with one attached hydrogen (secondary N) is 1. The summed E-state index contributed by atoms with van der Waals surface area (Å²) in [7, 11) is 0. The van der Waals surface area contributed by atoms with Crippen LogP contribution in [0, 0.1) is 0 Å². The highest BCUT2D eigenvalue weighted by Gasteiger charge is 2.18. The van der Waals surface area contributed by atoms with Gasteiger partial charge >= 0.3 is 0 Å². The first-order valence-electron chi connectivity index (χ1n) is 6.06. The molecule has 0 atom stereocenters. The summed E-state index contributed by atoms with van der Waals surface area (Å²) >= 11 is 0. The Morgan fingerprint density at radius 3 is 2.59 bits per heavy atom. The lowest BCUT2D eigenvalue weighted by Gasteiger charge is -2.34. The van der Waals surface area contributed by atoms with E-state index in [1.807, 2.05) is 6.20 Å². The lowest BCUT2D eigenvalue weighted by Crippen LogP contribution is -2.49. The number of carbonyl (C=O) groups is 1. The Morgan fingerprint density at radius 2 is 2.00 bits per heavy atom. The van der Waals surface area contributed by atoms with Gasteiger partial charge in [-0.25, -0.2) is 0 Å². The molecule has 2 rings (SSSR count). The van der Waals surface area contributed by atoms with E-state index in [-0.39, 0.29) is 5.91 Å². The number of primary amides is 1. The molecule has 0 radical (unpaired) electrons. The van der Waals surface area contributed by atoms with Gasteiger partial charge in [0.05, 0.1) is 6.54 Å². The molecule has 0 spiro atoms. The Labute approximate surface area is 102 Å². The van der Waals surface area contributed by atoms with E-state index in [1.54, 1.807) is 0 Å². The number of piperazine rings is 1. The third-order valence-electron chi connectivity index (χ3n) is 3.15. The van der Waals surface area contributed by atoms with Crippen molar-refractivity contribution in [1.82, 2.24) is 15.1 Å². The average Bonchev–Trinajstić information content (AvgIpc) is 2.32. The van der Waals surface area contributed by atoms with Crippen molar-refractivity contribution in [2.45, 2.75) is 0 Å². The van der Waals surface area contributed by atoms with Crippen molar-refractivity contribution in [3.8, 4) is 0 Å². The van der Waals surface area contributed by atoms with Crippen LogP contribution in [0.2, 0.25) is 0 Å². The Hall–Kier alpha value is -1.33. The summed E-state index contributed by atoms with van der Waals surface area (Å²) in [5, 5.41) is 3.15. The van der Waals surface area contributed by atoms with E-state index in [0.717, 1.165) is 39.3 Å². The maximum atomic E-state index is 10.8. The number of hydrogen-bond donors (Lipinski definition) is 2. The zero-order valence-corrected chi connectivity index (χ0v) is 10.1. The fraction of sp³-hybridized carbons (Fsp3) is 0.583. The van der Waals surface area contributed by atoms with Gasteiger partial charge in [-0.3, -0.25) is 14.6 Å². The summed E-state index contributed by atoms with van der Waals surface area (Å²) in [5.74, 6) is -0.234. The van der Waals surface area contributed by atoms with E-state index in [1.165, 1.54) is 5.57 Å². The highest BCUT2D eigenvalue weighted by molar-refractivity contribution is 5.75. The van der Waals surface area contributed by atoms with Crippen molar-refractivity contribution in [3.05, 3.63) is 23.9 Å². The Kier molecular flexibility index (Phi) is 4.17. The first-order chi connectivity index (χ1) is 8.24. The molecule has 5 nitrogen and oxygen atoms in total. The van der Waals surface area contributed by atoms with Gasteiger partial charge in [-0.1, -0.05) is 6.08 Å². The zero-order chi connectivity index (χ0) is 12.1. The standard InChI is InChI=1S/C12H20N4O/c13-12(17)10-16-7-5-15(6-8-16)9-11-1-3-14-4-2-11/h1-3,14H,4-10H2,(H2,13,17). The second-order valence-electron chi connectivity index (χ2n) is 4.54. The van der Waals surface area contributed by atoms with Crippen molar-refractivity contribution in [2.75, 3.05) is 45.8 Å². The van der Waals surface area contributed by atoms with Crippen molar-refractivity contribution >= 4 is 5.91 Å². The summed E-state index contributed by atoms with van der Waals surface area (Å²) in [6, 6.07) is 0. The molecule has 2 heterocycles. The monoisotopic (exact) mass is 236 g/mol. The van der Waals surface area contributed by atoms with E-state index < -0.39 is 0 Å². The number of amides is 1. The molecule has 0 aromatic heterocycles. The Balaban J connectivity index is 1.73. The molecule has 1 fully saturated rings. The third-order valence-corrected chi connectivity index (χ3v) is 3.15. The normalized spacial score (nSPS) is 22.0. The van der Waals surface area contributed by atoms with Gasteiger partial charge in [-0.2, -0.15) is 0 Å². The predicted octanol–water partition coefficient (Wildman–Crippen LogP) is -0.867. The van der Waals surface area contributed by atoms with Gasteiger partial charge in [0.1, 0.15) is 0 Å². The van der Waals surface area contributed by atoms with Crippen molar-refractivity contribution in [2.24, 2.45) is 5.73 Å². The minimum atomic E-state index is -0.234. The number of carbonyl (C=O) groups excluding carboxylic acids is 1. The molecular weight excluding hydrogens is 216 g/mol. The minimum absolute atomic E-state index is 0.234. The molecule has 0 aromatic rings. The molecular formula is C12H20N4O. The average molecular weight is 236 g/mol. The molecule has 3 N–H and O–H groups in total. The van der Waals surface area contributed by atoms with Gasteiger partial charge < -0.3 is 11.1 Å². The molecule has 0 saturated carbocycles. The Bertz CT molecular complexity index is 329. The van der Waals surface area contributed by atoms with E-state index in [9.17, 15) is 4.79 Å². The van der Waals surface area contributed by atoms with Crippen LogP contribution in [0.15, 0.2) is 23.9 Å². The second kappa shape index (κ2) is 5.84. The molecule has 94 valence electrons. The zero-order valence-electron chi connectivity index (χ0n) is 10.1. The van der Waals surface area contributed by atoms with Gasteiger partial charge in [0.25, 0.3) is 0 Å². The molecule has 1 amide bonds. The molecule has 2 aliphatic heterocycles. The van der Waals surface area contributed by atoms with Gasteiger partial charge in [0.15, 0.2) is 0 Å². The number of nitrogens with two attached hydrogens (primary N) is 1. The number of rotatable bonds is 4. The first-order valence-corrected chi connectivity index (χ1v) is 6.06. The SMILES string of the molecule is NC(=O)CN1CCN(CC2=CCNC=C2)CC1.